The lowest BCUT2D eigenvalue weighted by Gasteiger charge is -2.30. The maximum Gasteiger partial charge on any atom is 0.274 e. The fourth-order valence-corrected chi connectivity index (χ4v) is 5.09. The van der Waals surface area contributed by atoms with Crippen molar-refractivity contribution in [2.24, 2.45) is 5.41 Å². The molecule has 5 heterocycles. The quantitative estimate of drug-likeness (QED) is 0.539. The molecule has 0 aromatic carbocycles. The number of carbonyl (C=O) groups excluding carboxylic acids is 1. The molecular weight excluding hydrogens is 430 g/mol. The van der Waals surface area contributed by atoms with Gasteiger partial charge in [-0.15, -0.1) is 0 Å². The van der Waals surface area contributed by atoms with Crippen molar-refractivity contribution in [1.29, 1.82) is 0 Å². The second-order valence-corrected chi connectivity index (χ2v) is 10.6. The van der Waals surface area contributed by atoms with Crippen LogP contribution in [0.15, 0.2) is 24.7 Å². The number of nitrogen functional groups attached to an aromatic ring is 1. The van der Waals surface area contributed by atoms with E-state index in [4.69, 9.17) is 10.7 Å². The Labute approximate surface area is 197 Å². The second kappa shape index (κ2) is 7.56. The highest BCUT2D eigenvalue weighted by molar-refractivity contribution is 5.97. The van der Waals surface area contributed by atoms with Crippen LogP contribution >= 0.6 is 0 Å². The lowest BCUT2D eigenvalue weighted by Crippen LogP contribution is -2.50. The van der Waals surface area contributed by atoms with E-state index in [9.17, 15) is 4.79 Å². The van der Waals surface area contributed by atoms with Crippen molar-refractivity contribution < 1.29 is 4.79 Å². The molecule has 1 amide bonds. The molecule has 0 bridgehead atoms. The molecule has 176 valence electrons. The number of fused-ring (bicyclic) bond motifs is 1. The molecule has 3 aliphatic rings. The molecule has 3 aromatic heterocycles. The summed E-state index contributed by atoms with van der Waals surface area (Å²) in [6.07, 6.45) is 10.5. The predicted molar refractivity (Wildman–Crippen MR) is 127 cm³/mol. The summed E-state index contributed by atoms with van der Waals surface area (Å²) in [5, 5.41) is 11.1. The van der Waals surface area contributed by atoms with Gasteiger partial charge in [0.1, 0.15) is 5.69 Å². The zero-order valence-electron chi connectivity index (χ0n) is 19.5. The molecule has 1 unspecified atom stereocenters. The van der Waals surface area contributed by atoms with Crippen molar-refractivity contribution in [3.8, 4) is 22.8 Å². The number of nitrogens with one attached hydrogen (secondary N) is 2. The van der Waals surface area contributed by atoms with Crippen molar-refractivity contribution in [3.05, 3.63) is 36.0 Å². The first-order chi connectivity index (χ1) is 16.3. The van der Waals surface area contributed by atoms with Gasteiger partial charge in [0.05, 0.1) is 29.3 Å². The van der Waals surface area contributed by atoms with Gasteiger partial charge in [0.2, 0.25) is 0 Å². The smallest absolute Gasteiger partial charge is 0.274 e. The molecule has 10 nitrogen and oxygen atoms in total. The minimum Gasteiger partial charge on any atom is -0.382 e. The van der Waals surface area contributed by atoms with E-state index in [0.29, 0.717) is 22.8 Å². The normalized spacial score (nSPS) is 21.9. The third-order valence-corrected chi connectivity index (χ3v) is 7.23. The highest BCUT2D eigenvalue weighted by Crippen LogP contribution is 2.42. The van der Waals surface area contributed by atoms with Crippen LogP contribution in [0.5, 0.6) is 0 Å². The van der Waals surface area contributed by atoms with E-state index in [-0.39, 0.29) is 28.9 Å². The van der Waals surface area contributed by atoms with E-state index < -0.39 is 0 Å². The molecule has 1 atom stereocenters. The Morgan fingerprint density at radius 2 is 2.03 bits per heavy atom. The van der Waals surface area contributed by atoms with Crippen LogP contribution < -0.4 is 16.4 Å². The summed E-state index contributed by atoms with van der Waals surface area (Å²) in [4.78, 5) is 30.9. The van der Waals surface area contributed by atoms with Crippen LogP contribution in [-0.2, 0) is 13.0 Å². The fraction of sp³-hybridized carbons (Fsp3) is 0.500. The summed E-state index contributed by atoms with van der Waals surface area (Å²) in [5.74, 6) is 0.384. The SMILES string of the molecule is CC1(C)Cc2c(-c3nccc(-c4cnc(N)c(C(=O)NC5CCC6(CC6)NC5)n4)n3)cnn2C1. The lowest BCUT2D eigenvalue weighted by atomic mass is 9.90. The van der Waals surface area contributed by atoms with Crippen LogP contribution in [-0.4, -0.2) is 53.7 Å². The van der Waals surface area contributed by atoms with Crippen molar-refractivity contribution in [2.45, 2.75) is 64.1 Å². The van der Waals surface area contributed by atoms with Gasteiger partial charge in [-0.3, -0.25) is 9.48 Å². The van der Waals surface area contributed by atoms with Crippen LogP contribution in [0, 0.1) is 5.41 Å². The standard InChI is InChI=1S/C24H29N9O/c1-23(2)9-18-15(11-29-33(18)13-23)21-26-8-4-16(32-21)17-12-27-20(25)19(31-17)22(34)30-14-3-5-24(6-7-24)28-10-14/h4,8,11-12,14,28H,3,5-7,9-10,13H2,1-2H3,(H2,25,27)(H,30,34). The molecule has 1 spiro atoms. The maximum absolute atomic E-state index is 13.0. The zero-order chi connectivity index (χ0) is 23.5. The van der Waals surface area contributed by atoms with Crippen molar-refractivity contribution in [2.75, 3.05) is 12.3 Å². The van der Waals surface area contributed by atoms with Gasteiger partial charge in [-0.05, 0) is 43.6 Å². The van der Waals surface area contributed by atoms with Gasteiger partial charge in [0, 0.05) is 30.9 Å². The largest absolute Gasteiger partial charge is 0.382 e. The van der Waals surface area contributed by atoms with E-state index >= 15 is 0 Å². The molecule has 4 N–H and O–H groups in total. The van der Waals surface area contributed by atoms with E-state index in [1.807, 2.05) is 10.9 Å². The molecule has 3 aromatic rings. The minimum absolute atomic E-state index is 0.0583. The average molecular weight is 460 g/mol. The Morgan fingerprint density at radius 3 is 2.79 bits per heavy atom. The number of carbonyl (C=O) groups is 1. The van der Waals surface area contributed by atoms with Gasteiger partial charge in [-0.1, -0.05) is 13.8 Å². The topological polar surface area (TPSA) is 137 Å². The molecule has 1 aliphatic carbocycles. The first kappa shape index (κ1) is 21.2. The Kier molecular flexibility index (Phi) is 4.70. The number of aromatic nitrogens is 6. The van der Waals surface area contributed by atoms with Crippen LogP contribution in [0.2, 0.25) is 0 Å². The summed E-state index contributed by atoms with van der Waals surface area (Å²) < 4.78 is 2.03. The Bertz CT molecular complexity index is 1270. The first-order valence-electron chi connectivity index (χ1n) is 11.9. The Hall–Kier alpha value is -3.40. The van der Waals surface area contributed by atoms with Crippen molar-refractivity contribution in [1.82, 2.24) is 40.3 Å². The third-order valence-electron chi connectivity index (χ3n) is 7.23. The summed E-state index contributed by atoms with van der Waals surface area (Å²) in [6, 6.07) is 1.82. The van der Waals surface area contributed by atoms with E-state index in [1.54, 1.807) is 18.5 Å². The van der Waals surface area contributed by atoms with Gasteiger partial charge in [-0.2, -0.15) is 5.10 Å². The summed E-state index contributed by atoms with van der Waals surface area (Å²) >= 11 is 0. The molecular formula is C24H29N9O. The van der Waals surface area contributed by atoms with Crippen molar-refractivity contribution in [3.63, 3.8) is 0 Å². The van der Waals surface area contributed by atoms with E-state index in [2.05, 4.69) is 44.5 Å². The number of piperidine rings is 1. The zero-order valence-corrected chi connectivity index (χ0v) is 19.5. The summed E-state index contributed by atoms with van der Waals surface area (Å²) in [6.45, 7) is 6.10. The molecule has 0 radical (unpaired) electrons. The van der Waals surface area contributed by atoms with E-state index in [1.165, 1.54) is 12.8 Å². The second-order valence-electron chi connectivity index (χ2n) is 10.6. The molecule has 2 fully saturated rings. The number of nitrogens with two attached hydrogens (primary N) is 1. The van der Waals surface area contributed by atoms with Gasteiger partial charge in [0.15, 0.2) is 17.3 Å². The molecule has 1 saturated carbocycles. The maximum atomic E-state index is 13.0. The number of hydrogen-bond donors (Lipinski definition) is 3. The monoisotopic (exact) mass is 459 g/mol. The molecule has 10 heteroatoms. The molecule has 34 heavy (non-hydrogen) atoms. The molecule has 1 saturated heterocycles. The van der Waals surface area contributed by atoms with Gasteiger partial charge in [-0.25, -0.2) is 19.9 Å². The summed E-state index contributed by atoms with van der Waals surface area (Å²) in [7, 11) is 0. The first-order valence-corrected chi connectivity index (χ1v) is 11.9. The highest BCUT2D eigenvalue weighted by atomic mass is 16.2. The lowest BCUT2D eigenvalue weighted by molar-refractivity contribution is 0.0921. The Balaban J connectivity index is 1.24. The number of nitrogens with zero attached hydrogens (tertiary/aromatic N) is 6. The number of rotatable bonds is 4. The fourth-order valence-electron chi connectivity index (χ4n) is 5.09. The van der Waals surface area contributed by atoms with Gasteiger partial charge >= 0.3 is 0 Å². The third kappa shape index (κ3) is 3.81. The van der Waals surface area contributed by atoms with Crippen LogP contribution in [0.4, 0.5) is 5.82 Å². The minimum atomic E-state index is -0.309. The highest BCUT2D eigenvalue weighted by Gasteiger charge is 2.45. The number of anilines is 1. The van der Waals surface area contributed by atoms with Crippen LogP contribution in [0.1, 0.15) is 55.7 Å². The average Bonchev–Trinajstić information content (AvgIpc) is 3.36. The van der Waals surface area contributed by atoms with Crippen molar-refractivity contribution >= 4 is 11.7 Å². The van der Waals surface area contributed by atoms with Gasteiger partial charge in [0.25, 0.3) is 5.91 Å². The van der Waals surface area contributed by atoms with Crippen LogP contribution in [0.3, 0.4) is 0 Å². The van der Waals surface area contributed by atoms with E-state index in [0.717, 1.165) is 43.6 Å². The number of hydrogen-bond acceptors (Lipinski definition) is 8. The van der Waals surface area contributed by atoms with Crippen LogP contribution in [0.25, 0.3) is 22.8 Å². The summed E-state index contributed by atoms with van der Waals surface area (Å²) in [5.41, 5.74) is 9.76. The number of amides is 1. The molecule has 6 rings (SSSR count). The predicted octanol–water partition coefficient (Wildman–Crippen LogP) is 1.98. The Morgan fingerprint density at radius 1 is 1.18 bits per heavy atom. The van der Waals surface area contributed by atoms with Gasteiger partial charge < -0.3 is 16.4 Å². The molecule has 2 aliphatic heterocycles.